The predicted molar refractivity (Wildman–Crippen MR) is 107 cm³/mol. The van der Waals surface area contributed by atoms with Gasteiger partial charge in [-0.15, -0.1) is 0 Å². The lowest BCUT2D eigenvalue weighted by atomic mass is 10.0. The lowest BCUT2D eigenvalue weighted by molar-refractivity contribution is 0.120. The van der Waals surface area contributed by atoms with Gasteiger partial charge in [-0.05, 0) is 18.9 Å². The van der Waals surface area contributed by atoms with Crippen LogP contribution in [0.3, 0.4) is 0 Å². The number of nitrogens with one attached hydrogen (secondary N) is 1. The first-order valence-corrected chi connectivity index (χ1v) is 9.18. The fraction of sp³-hybridized carbons (Fsp3) is 0.238. The van der Waals surface area contributed by atoms with Crippen LogP contribution >= 0.6 is 0 Å². The van der Waals surface area contributed by atoms with Crippen molar-refractivity contribution in [3.8, 4) is 28.5 Å². The van der Waals surface area contributed by atoms with Crippen molar-refractivity contribution in [2.45, 2.75) is 18.9 Å². The van der Waals surface area contributed by atoms with Gasteiger partial charge in [-0.2, -0.15) is 5.26 Å². The van der Waals surface area contributed by atoms with Crippen molar-refractivity contribution < 1.29 is 4.74 Å². The van der Waals surface area contributed by atoms with Crippen molar-refractivity contribution >= 4 is 11.8 Å². The number of aromatic nitrogens is 3. The normalized spacial score (nSPS) is 15.9. The predicted octanol–water partition coefficient (Wildman–Crippen LogP) is 3.25. The topological polar surface area (TPSA) is 110 Å². The minimum Gasteiger partial charge on any atom is -0.383 e. The van der Waals surface area contributed by atoms with E-state index in [9.17, 15) is 5.26 Å². The van der Waals surface area contributed by atoms with E-state index >= 15 is 0 Å². The Labute approximate surface area is 163 Å². The van der Waals surface area contributed by atoms with Crippen molar-refractivity contribution in [1.29, 1.82) is 5.26 Å². The van der Waals surface area contributed by atoms with E-state index in [2.05, 4.69) is 26.3 Å². The second-order valence-electron chi connectivity index (χ2n) is 6.60. The molecule has 1 saturated heterocycles. The van der Waals surface area contributed by atoms with Gasteiger partial charge in [0.05, 0.1) is 11.8 Å². The van der Waals surface area contributed by atoms with E-state index < -0.39 is 0 Å². The van der Waals surface area contributed by atoms with Crippen LogP contribution in [0.2, 0.25) is 0 Å². The number of hydrogen-bond acceptors (Lipinski definition) is 7. The van der Waals surface area contributed by atoms with Crippen molar-refractivity contribution in [3.05, 3.63) is 54.4 Å². The molecule has 4 rings (SSSR count). The summed E-state index contributed by atoms with van der Waals surface area (Å²) in [5.74, 6) is 0.725. The fourth-order valence-electron chi connectivity index (χ4n) is 3.24. The summed E-state index contributed by atoms with van der Waals surface area (Å²) in [7, 11) is 0. The zero-order valence-corrected chi connectivity index (χ0v) is 15.3. The number of rotatable bonds is 5. The maximum absolute atomic E-state index is 9.55. The third-order valence-corrected chi connectivity index (χ3v) is 4.70. The Morgan fingerprint density at radius 3 is 2.64 bits per heavy atom. The van der Waals surface area contributed by atoms with Crippen LogP contribution in [-0.4, -0.2) is 34.2 Å². The lowest BCUT2D eigenvalue weighted by Gasteiger charge is -2.12. The van der Waals surface area contributed by atoms with Gasteiger partial charge in [0.2, 0.25) is 5.95 Å². The highest BCUT2D eigenvalue weighted by molar-refractivity contribution is 5.79. The fourth-order valence-corrected chi connectivity index (χ4v) is 3.24. The standard InChI is InChI=1S/C21H20N6O/c22-10-18-17(9-19(27-20(18)23)14-5-2-1-3-6-14)15-11-24-21(25-12-15)26-13-16-7-4-8-28-16/h1-3,5-6,9,11-12,16H,4,7-8,13H2,(H2,23,27)(H,24,25,26)/t16-/m0/s1. The average molecular weight is 372 g/mol. The summed E-state index contributed by atoms with van der Waals surface area (Å²) < 4.78 is 5.59. The Kier molecular flexibility index (Phi) is 5.13. The van der Waals surface area contributed by atoms with Crippen LogP contribution in [-0.2, 0) is 4.74 Å². The van der Waals surface area contributed by atoms with Gasteiger partial charge in [-0.25, -0.2) is 15.0 Å². The molecule has 0 unspecified atom stereocenters. The second-order valence-corrected chi connectivity index (χ2v) is 6.60. The smallest absolute Gasteiger partial charge is 0.222 e. The number of hydrogen-bond donors (Lipinski definition) is 2. The molecule has 140 valence electrons. The average Bonchev–Trinajstić information content (AvgIpc) is 3.26. The molecule has 1 fully saturated rings. The maximum Gasteiger partial charge on any atom is 0.222 e. The largest absolute Gasteiger partial charge is 0.383 e. The summed E-state index contributed by atoms with van der Waals surface area (Å²) in [6, 6.07) is 13.7. The number of pyridine rings is 1. The van der Waals surface area contributed by atoms with Crippen molar-refractivity contribution in [3.63, 3.8) is 0 Å². The molecule has 28 heavy (non-hydrogen) atoms. The van der Waals surface area contributed by atoms with Crippen LogP contribution in [0.1, 0.15) is 18.4 Å². The molecule has 1 aromatic carbocycles. The summed E-state index contributed by atoms with van der Waals surface area (Å²) in [4.78, 5) is 13.1. The number of anilines is 2. The molecular formula is C21H20N6O. The molecule has 2 aromatic heterocycles. The highest BCUT2D eigenvalue weighted by atomic mass is 16.5. The molecule has 7 heteroatoms. The summed E-state index contributed by atoms with van der Waals surface area (Å²) in [6.07, 6.45) is 5.73. The van der Waals surface area contributed by atoms with Crippen LogP contribution < -0.4 is 11.1 Å². The molecule has 1 atom stereocenters. The molecule has 1 aliphatic rings. The van der Waals surface area contributed by atoms with E-state index in [4.69, 9.17) is 10.5 Å². The molecule has 3 aromatic rings. The van der Waals surface area contributed by atoms with Crippen molar-refractivity contribution in [2.24, 2.45) is 0 Å². The van der Waals surface area contributed by atoms with Gasteiger partial charge < -0.3 is 15.8 Å². The van der Waals surface area contributed by atoms with Crippen molar-refractivity contribution in [2.75, 3.05) is 24.2 Å². The Morgan fingerprint density at radius 1 is 1.18 bits per heavy atom. The van der Waals surface area contributed by atoms with Gasteiger partial charge >= 0.3 is 0 Å². The number of nitrogens with two attached hydrogens (primary N) is 1. The number of nitriles is 1. The minimum atomic E-state index is 0.194. The Bertz CT molecular complexity index is 992. The molecule has 7 nitrogen and oxygen atoms in total. The molecule has 0 saturated carbocycles. The molecule has 3 N–H and O–H groups in total. The highest BCUT2D eigenvalue weighted by Crippen LogP contribution is 2.30. The molecule has 0 bridgehead atoms. The molecule has 0 amide bonds. The number of ether oxygens (including phenoxy) is 1. The number of nitrogen functional groups attached to an aromatic ring is 1. The monoisotopic (exact) mass is 372 g/mol. The number of benzene rings is 1. The molecule has 0 aliphatic carbocycles. The maximum atomic E-state index is 9.55. The van der Waals surface area contributed by atoms with Crippen LogP contribution in [0, 0.1) is 11.3 Å². The minimum absolute atomic E-state index is 0.194. The zero-order valence-electron chi connectivity index (χ0n) is 15.3. The van der Waals surface area contributed by atoms with Gasteiger partial charge in [0.25, 0.3) is 0 Å². The third-order valence-electron chi connectivity index (χ3n) is 4.70. The summed E-state index contributed by atoms with van der Waals surface area (Å²) >= 11 is 0. The number of nitrogens with zero attached hydrogens (tertiary/aromatic N) is 4. The van der Waals surface area contributed by atoms with Crippen LogP contribution in [0.15, 0.2) is 48.8 Å². The zero-order chi connectivity index (χ0) is 19.3. The second kappa shape index (κ2) is 8.03. The van der Waals surface area contributed by atoms with E-state index in [1.165, 1.54) is 0 Å². The summed E-state index contributed by atoms with van der Waals surface area (Å²) in [5.41, 5.74) is 9.38. The van der Waals surface area contributed by atoms with Gasteiger partial charge in [-0.3, -0.25) is 0 Å². The van der Waals surface area contributed by atoms with E-state index in [0.29, 0.717) is 34.9 Å². The van der Waals surface area contributed by atoms with E-state index in [1.807, 2.05) is 36.4 Å². The lowest BCUT2D eigenvalue weighted by Crippen LogP contribution is -2.19. The van der Waals surface area contributed by atoms with Crippen molar-refractivity contribution in [1.82, 2.24) is 15.0 Å². The molecular weight excluding hydrogens is 352 g/mol. The first kappa shape index (κ1) is 17.9. The Balaban J connectivity index is 1.62. The molecule has 1 aliphatic heterocycles. The first-order valence-electron chi connectivity index (χ1n) is 9.18. The van der Waals surface area contributed by atoms with Gasteiger partial charge in [-0.1, -0.05) is 30.3 Å². The Hall–Kier alpha value is -3.50. The van der Waals surface area contributed by atoms with Gasteiger partial charge in [0.15, 0.2) is 0 Å². The molecule has 0 spiro atoms. The van der Waals surface area contributed by atoms with Crippen LogP contribution in [0.4, 0.5) is 11.8 Å². The van der Waals surface area contributed by atoms with E-state index in [-0.39, 0.29) is 11.9 Å². The first-order chi connectivity index (χ1) is 13.7. The van der Waals surface area contributed by atoms with Crippen LogP contribution in [0.5, 0.6) is 0 Å². The molecule has 0 radical (unpaired) electrons. The highest BCUT2D eigenvalue weighted by Gasteiger charge is 2.16. The summed E-state index contributed by atoms with van der Waals surface area (Å²) in [5, 5.41) is 12.7. The van der Waals surface area contributed by atoms with Gasteiger partial charge in [0, 0.05) is 42.2 Å². The van der Waals surface area contributed by atoms with E-state index in [0.717, 1.165) is 25.0 Å². The molecule has 3 heterocycles. The van der Waals surface area contributed by atoms with Crippen LogP contribution in [0.25, 0.3) is 22.4 Å². The van der Waals surface area contributed by atoms with Gasteiger partial charge in [0.1, 0.15) is 17.5 Å². The quantitative estimate of drug-likeness (QED) is 0.707. The third kappa shape index (κ3) is 3.77. The Morgan fingerprint density at radius 2 is 1.96 bits per heavy atom. The summed E-state index contributed by atoms with van der Waals surface area (Å²) in [6.45, 7) is 1.50. The van der Waals surface area contributed by atoms with E-state index in [1.54, 1.807) is 12.4 Å². The SMILES string of the molecule is N#Cc1c(-c2cnc(NC[C@@H]3CCCO3)nc2)cc(-c2ccccc2)nc1N.